The molecule has 2 aromatic rings. The van der Waals surface area contributed by atoms with Crippen LogP contribution in [-0.2, 0) is 9.53 Å². The van der Waals surface area contributed by atoms with Crippen molar-refractivity contribution in [3.8, 4) is 0 Å². The molecule has 0 aliphatic carbocycles. The third-order valence-corrected chi connectivity index (χ3v) is 4.17. The monoisotopic (exact) mass is 345 g/mol. The van der Waals surface area contributed by atoms with Crippen LogP contribution >= 0.6 is 11.6 Å². The Labute approximate surface area is 146 Å². The summed E-state index contributed by atoms with van der Waals surface area (Å²) in [6.45, 7) is 5.38. The lowest BCUT2D eigenvalue weighted by molar-refractivity contribution is -0.124. The van der Waals surface area contributed by atoms with Crippen LogP contribution in [0.15, 0.2) is 42.5 Å². The Morgan fingerprint density at radius 1 is 1.12 bits per heavy atom. The zero-order chi connectivity index (χ0) is 17.7. The fourth-order valence-corrected chi connectivity index (χ4v) is 2.57. The molecule has 0 saturated carbocycles. The number of amides is 1. The van der Waals surface area contributed by atoms with E-state index in [0.29, 0.717) is 10.6 Å². The third kappa shape index (κ3) is 4.59. The molecule has 0 fully saturated rings. The van der Waals surface area contributed by atoms with Crippen molar-refractivity contribution in [2.24, 2.45) is 0 Å². The Morgan fingerprint density at radius 2 is 1.83 bits per heavy atom. The molecule has 2 rings (SSSR count). The van der Waals surface area contributed by atoms with E-state index in [9.17, 15) is 9.59 Å². The van der Waals surface area contributed by atoms with Crippen LogP contribution < -0.4 is 5.32 Å². The number of esters is 1. The van der Waals surface area contributed by atoms with Crippen molar-refractivity contribution in [1.82, 2.24) is 5.32 Å². The predicted octanol–water partition coefficient (Wildman–Crippen LogP) is 3.99. The summed E-state index contributed by atoms with van der Waals surface area (Å²) >= 11 is 6.10. The molecule has 1 N–H and O–H groups in total. The van der Waals surface area contributed by atoms with Crippen LogP contribution in [0.5, 0.6) is 0 Å². The van der Waals surface area contributed by atoms with Crippen LogP contribution in [0.25, 0.3) is 0 Å². The highest BCUT2D eigenvalue weighted by Crippen LogP contribution is 2.21. The molecule has 0 radical (unpaired) electrons. The maximum absolute atomic E-state index is 12.0. The molecule has 1 atom stereocenters. The molecule has 0 aliphatic heterocycles. The Hall–Kier alpha value is -2.33. The molecular weight excluding hydrogens is 326 g/mol. The molecule has 0 heterocycles. The van der Waals surface area contributed by atoms with Crippen molar-refractivity contribution < 1.29 is 14.3 Å². The van der Waals surface area contributed by atoms with Gasteiger partial charge < -0.3 is 10.1 Å². The predicted molar refractivity (Wildman–Crippen MR) is 94.2 cm³/mol. The van der Waals surface area contributed by atoms with Gasteiger partial charge in [-0.1, -0.05) is 35.9 Å². The SMILES string of the molecule is Cc1ccc(C(=O)OCC(=O)N[C@@H](C)c2ccccc2Cl)cc1C. The number of ether oxygens (including phenoxy) is 1. The molecule has 24 heavy (non-hydrogen) atoms. The van der Waals surface area contributed by atoms with Gasteiger partial charge in [-0.3, -0.25) is 4.79 Å². The fourth-order valence-electron chi connectivity index (χ4n) is 2.27. The molecule has 0 aliphatic rings. The first-order valence-electron chi connectivity index (χ1n) is 7.66. The molecule has 126 valence electrons. The summed E-state index contributed by atoms with van der Waals surface area (Å²) in [5.74, 6) is -0.891. The van der Waals surface area contributed by atoms with Gasteiger partial charge in [-0.15, -0.1) is 0 Å². The maximum atomic E-state index is 12.0. The second-order valence-corrected chi connectivity index (χ2v) is 6.09. The lowest BCUT2D eigenvalue weighted by atomic mass is 10.1. The molecule has 0 spiro atoms. The highest BCUT2D eigenvalue weighted by atomic mass is 35.5. The van der Waals surface area contributed by atoms with Crippen LogP contribution in [0.4, 0.5) is 0 Å². The number of benzene rings is 2. The van der Waals surface area contributed by atoms with Crippen molar-refractivity contribution >= 4 is 23.5 Å². The van der Waals surface area contributed by atoms with Crippen LogP contribution in [0.1, 0.15) is 40.0 Å². The average molecular weight is 346 g/mol. The lowest BCUT2D eigenvalue weighted by Gasteiger charge is -2.15. The second-order valence-electron chi connectivity index (χ2n) is 5.69. The summed E-state index contributed by atoms with van der Waals surface area (Å²) < 4.78 is 5.07. The summed E-state index contributed by atoms with van der Waals surface area (Å²) in [6.07, 6.45) is 0. The van der Waals surface area contributed by atoms with Crippen molar-refractivity contribution in [2.45, 2.75) is 26.8 Å². The number of rotatable bonds is 5. The van der Waals surface area contributed by atoms with Gasteiger partial charge in [0.05, 0.1) is 11.6 Å². The Kier molecular flexibility index (Phi) is 5.99. The zero-order valence-corrected chi connectivity index (χ0v) is 14.7. The number of hydrogen-bond acceptors (Lipinski definition) is 3. The quantitative estimate of drug-likeness (QED) is 0.833. The molecular formula is C19H20ClNO3. The van der Waals surface area contributed by atoms with E-state index >= 15 is 0 Å². The van der Waals surface area contributed by atoms with E-state index in [1.807, 2.05) is 45.0 Å². The van der Waals surface area contributed by atoms with Gasteiger partial charge in [-0.25, -0.2) is 4.79 Å². The fraction of sp³-hybridized carbons (Fsp3) is 0.263. The van der Waals surface area contributed by atoms with Crippen molar-refractivity contribution in [2.75, 3.05) is 6.61 Å². The Balaban J connectivity index is 1.89. The van der Waals surface area contributed by atoms with E-state index in [1.165, 1.54) is 0 Å². The normalized spacial score (nSPS) is 11.7. The van der Waals surface area contributed by atoms with Crippen molar-refractivity contribution in [3.63, 3.8) is 0 Å². The smallest absolute Gasteiger partial charge is 0.338 e. The van der Waals surface area contributed by atoms with Gasteiger partial charge in [0.2, 0.25) is 0 Å². The summed E-state index contributed by atoms with van der Waals surface area (Å²) in [5, 5.41) is 3.34. The number of hydrogen-bond donors (Lipinski definition) is 1. The Bertz CT molecular complexity index is 758. The van der Waals surface area contributed by atoms with Crippen molar-refractivity contribution in [3.05, 3.63) is 69.7 Å². The summed E-state index contributed by atoms with van der Waals surface area (Å²) in [4.78, 5) is 24.0. The minimum atomic E-state index is -0.515. The topological polar surface area (TPSA) is 55.4 Å². The van der Waals surface area contributed by atoms with Crippen LogP contribution in [0.2, 0.25) is 5.02 Å². The number of nitrogens with one attached hydrogen (secondary N) is 1. The number of carbonyl (C=O) groups is 2. The Morgan fingerprint density at radius 3 is 2.50 bits per heavy atom. The molecule has 1 amide bonds. The van der Waals surface area contributed by atoms with Crippen LogP contribution in [0, 0.1) is 13.8 Å². The molecule has 2 aromatic carbocycles. The van der Waals surface area contributed by atoms with Gasteiger partial charge in [0.1, 0.15) is 0 Å². The minimum absolute atomic E-state index is 0.272. The van der Waals surface area contributed by atoms with E-state index in [2.05, 4.69) is 5.32 Å². The third-order valence-electron chi connectivity index (χ3n) is 3.83. The van der Waals surface area contributed by atoms with Gasteiger partial charge in [-0.2, -0.15) is 0 Å². The first-order valence-corrected chi connectivity index (χ1v) is 8.04. The summed E-state index contributed by atoms with van der Waals surface area (Å²) in [5.41, 5.74) is 3.34. The number of aryl methyl sites for hydroxylation is 2. The van der Waals surface area contributed by atoms with Gasteiger partial charge >= 0.3 is 5.97 Å². The van der Waals surface area contributed by atoms with Gasteiger partial charge in [0.15, 0.2) is 6.61 Å². The van der Waals surface area contributed by atoms with E-state index < -0.39 is 5.97 Å². The van der Waals surface area contributed by atoms with Gasteiger partial charge in [0, 0.05) is 5.02 Å². The zero-order valence-electron chi connectivity index (χ0n) is 13.9. The standard InChI is InChI=1S/C19H20ClNO3/c1-12-8-9-15(10-13(12)2)19(23)24-11-18(22)21-14(3)16-6-4-5-7-17(16)20/h4-10,14H,11H2,1-3H3,(H,21,22)/t14-/m0/s1. The average Bonchev–Trinajstić information content (AvgIpc) is 2.55. The summed E-state index contributed by atoms with van der Waals surface area (Å²) in [7, 11) is 0. The largest absolute Gasteiger partial charge is 0.452 e. The van der Waals surface area contributed by atoms with E-state index in [-0.39, 0.29) is 18.6 Å². The minimum Gasteiger partial charge on any atom is -0.452 e. The highest BCUT2D eigenvalue weighted by Gasteiger charge is 2.15. The van der Waals surface area contributed by atoms with Crippen LogP contribution in [-0.4, -0.2) is 18.5 Å². The van der Waals surface area contributed by atoms with Gasteiger partial charge in [-0.05, 0) is 55.7 Å². The van der Waals surface area contributed by atoms with E-state index in [4.69, 9.17) is 16.3 Å². The van der Waals surface area contributed by atoms with Crippen molar-refractivity contribution in [1.29, 1.82) is 0 Å². The highest BCUT2D eigenvalue weighted by molar-refractivity contribution is 6.31. The lowest BCUT2D eigenvalue weighted by Crippen LogP contribution is -2.31. The number of carbonyl (C=O) groups excluding carboxylic acids is 2. The maximum Gasteiger partial charge on any atom is 0.338 e. The van der Waals surface area contributed by atoms with E-state index in [0.717, 1.165) is 16.7 Å². The molecule has 0 saturated heterocycles. The molecule has 5 heteroatoms. The van der Waals surface area contributed by atoms with Gasteiger partial charge in [0.25, 0.3) is 5.91 Å². The van der Waals surface area contributed by atoms with E-state index in [1.54, 1.807) is 18.2 Å². The first kappa shape index (κ1) is 18.0. The first-order chi connectivity index (χ1) is 11.4. The van der Waals surface area contributed by atoms with Crippen LogP contribution in [0.3, 0.4) is 0 Å². The molecule has 4 nitrogen and oxygen atoms in total. The number of halogens is 1. The molecule has 0 bridgehead atoms. The summed E-state index contributed by atoms with van der Waals surface area (Å²) in [6, 6.07) is 12.3. The molecule has 0 aromatic heterocycles. The molecule has 0 unspecified atom stereocenters. The second kappa shape index (κ2) is 7.97.